The summed E-state index contributed by atoms with van der Waals surface area (Å²) in [6.45, 7) is 4.67. The number of nitrogens with zero attached hydrogens (tertiary/aromatic N) is 4. The number of anilines is 1. The normalized spacial score (nSPS) is 27.3. The first-order chi connectivity index (χ1) is 12.1. The smallest absolute Gasteiger partial charge is 0.222 e. The van der Waals surface area contributed by atoms with Crippen LogP contribution in [0.2, 0.25) is 0 Å². The van der Waals surface area contributed by atoms with Gasteiger partial charge >= 0.3 is 0 Å². The topological polar surface area (TPSA) is 39.7 Å². The summed E-state index contributed by atoms with van der Waals surface area (Å²) in [5.74, 6) is 0.0847. The summed E-state index contributed by atoms with van der Waals surface area (Å²) in [4.78, 5) is 22.9. The molecule has 0 radical (unpaired) electrons. The molecule has 0 unspecified atom stereocenters. The Hall–Kier alpha value is -1.69. The molecule has 5 nitrogen and oxygen atoms in total. The molecular weight excluding hydrogens is 319 g/mol. The lowest BCUT2D eigenvalue weighted by Gasteiger charge is -2.49. The Morgan fingerprint density at radius 3 is 2.72 bits per heavy atom. The van der Waals surface area contributed by atoms with Gasteiger partial charge in [0.05, 0.1) is 11.9 Å². The number of carbonyl (C=O) groups is 1. The van der Waals surface area contributed by atoms with Gasteiger partial charge < -0.3 is 14.7 Å². The number of piperidine rings is 2. The van der Waals surface area contributed by atoms with E-state index in [1.165, 1.54) is 6.20 Å². The Morgan fingerprint density at radius 1 is 1.24 bits per heavy atom. The summed E-state index contributed by atoms with van der Waals surface area (Å²) in [5.41, 5.74) is 0.876. The van der Waals surface area contributed by atoms with Gasteiger partial charge in [0.2, 0.25) is 5.91 Å². The molecule has 0 N–H and O–H groups in total. The lowest BCUT2D eigenvalue weighted by atomic mass is 9.72. The molecule has 0 aliphatic carbocycles. The summed E-state index contributed by atoms with van der Waals surface area (Å²) in [7, 11) is 2.13. The second kappa shape index (κ2) is 6.56. The minimum atomic E-state index is -0.243. The van der Waals surface area contributed by atoms with Crippen LogP contribution in [0.15, 0.2) is 18.5 Å². The summed E-state index contributed by atoms with van der Waals surface area (Å²) in [5, 5.41) is 0. The van der Waals surface area contributed by atoms with Crippen molar-refractivity contribution in [3.63, 3.8) is 0 Å². The molecule has 0 aromatic carbocycles. The third-order valence-corrected chi connectivity index (χ3v) is 6.42. The van der Waals surface area contributed by atoms with Crippen LogP contribution in [0.3, 0.4) is 0 Å². The fourth-order valence-electron chi connectivity index (χ4n) is 4.80. The molecule has 1 atom stereocenters. The molecule has 1 amide bonds. The number of rotatable bonds is 2. The van der Waals surface area contributed by atoms with E-state index in [1.807, 2.05) is 0 Å². The Labute approximate surface area is 148 Å². The third-order valence-electron chi connectivity index (χ3n) is 6.42. The zero-order valence-electron chi connectivity index (χ0n) is 15.0. The highest BCUT2D eigenvalue weighted by molar-refractivity contribution is 5.77. The van der Waals surface area contributed by atoms with Gasteiger partial charge in [-0.3, -0.25) is 9.78 Å². The average Bonchev–Trinajstić information content (AvgIpc) is 3.05. The van der Waals surface area contributed by atoms with Gasteiger partial charge in [-0.2, -0.15) is 0 Å². The molecular formula is C19H27FN4O. The average molecular weight is 346 g/mol. The zero-order chi connectivity index (χ0) is 17.4. The second-order valence-electron chi connectivity index (χ2n) is 8.04. The molecule has 136 valence electrons. The molecule has 0 saturated carbocycles. The molecule has 3 aliphatic heterocycles. The zero-order valence-corrected chi connectivity index (χ0v) is 15.0. The predicted octanol–water partition coefficient (Wildman–Crippen LogP) is 2.13. The van der Waals surface area contributed by atoms with E-state index in [-0.39, 0.29) is 11.2 Å². The second-order valence-corrected chi connectivity index (χ2v) is 8.04. The number of hydrogen-bond acceptors (Lipinski definition) is 4. The van der Waals surface area contributed by atoms with Crippen molar-refractivity contribution in [1.29, 1.82) is 0 Å². The number of halogens is 1. The number of pyridine rings is 1. The van der Waals surface area contributed by atoms with Crippen molar-refractivity contribution in [2.75, 3.05) is 44.7 Å². The lowest BCUT2D eigenvalue weighted by Crippen LogP contribution is -2.55. The minimum absolute atomic E-state index is 0.217. The van der Waals surface area contributed by atoms with Crippen molar-refractivity contribution in [1.82, 2.24) is 14.8 Å². The van der Waals surface area contributed by atoms with Gasteiger partial charge in [-0.25, -0.2) is 4.39 Å². The molecule has 3 saturated heterocycles. The molecule has 0 bridgehead atoms. The quantitative estimate of drug-likeness (QED) is 0.823. The lowest BCUT2D eigenvalue weighted by molar-refractivity contribution is -0.141. The first-order valence-corrected chi connectivity index (χ1v) is 9.39. The first-order valence-electron chi connectivity index (χ1n) is 9.39. The maximum absolute atomic E-state index is 14.0. The standard InChI is InChI=1S/C19H27FN4O/c1-22-9-4-15(13-22)24-14-19(5-2-18(24)25)6-10-23(11-7-19)17-3-8-21-12-16(17)20/h3,8,12,15H,2,4-7,9-11,13-14H2,1H3/t15-/m0/s1. The van der Waals surface area contributed by atoms with Crippen molar-refractivity contribution in [2.45, 2.75) is 38.1 Å². The summed E-state index contributed by atoms with van der Waals surface area (Å²) in [6.07, 6.45) is 7.74. The van der Waals surface area contributed by atoms with E-state index in [4.69, 9.17) is 0 Å². The fourth-order valence-corrected chi connectivity index (χ4v) is 4.80. The molecule has 1 aromatic rings. The van der Waals surface area contributed by atoms with Crippen molar-refractivity contribution < 1.29 is 9.18 Å². The Morgan fingerprint density at radius 2 is 2.04 bits per heavy atom. The third kappa shape index (κ3) is 3.24. The number of aromatic nitrogens is 1. The van der Waals surface area contributed by atoms with Crippen LogP contribution in [0.1, 0.15) is 32.1 Å². The maximum Gasteiger partial charge on any atom is 0.222 e. The van der Waals surface area contributed by atoms with Crippen LogP contribution in [0.25, 0.3) is 0 Å². The van der Waals surface area contributed by atoms with Gasteiger partial charge in [-0.1, -0.05) is 0 Å². The van der Waals surface area contributed by atoms with E-state index in [1.54, 1.807) is 12.3 Å². The van der Waals surface area contributed by atoms with Crippen molar-refractivity contribution in [2.24, 2.45) is 5.41 Å². The molecule has 3 fully saturated rings. The maximum atomic E-state index is 14.0. The Kier molecular flexibility index (Phi) is 4.40. The number of likely N-dealkylation sites (tertiary alicyclic amines) is 2. The fraction of sp³-hybridized carbons (Fsp3) is 0.684. The number of amides is 1. The van der Waals surface area contributed by atoms with Crippen LogP contribution in [0.4, 0.5) is 10.1 Å². The van der Waals surface area contributed by atoms with Crippen molar-refractivity contribution >= 4 is 11.6 Å². The van der Waals surface area contributed by atoms with E-state index in [0.717, 1.165) is 58.4 Å². The van der Waals surface area contributed by atoms with Crippen LogP contribution in [0.5, 0.6) is 0 Å². The van der Waals surface area contributed by atoms with Gasteiger partial charge in [0.1, 0.15) is 0 Å². The van der Waals surface area contributed by atoms with Gasteiger partial charge in [-0.15, -0.1) is 0 Å². The summed E-state index contributed by atoms with van der Waals surface area (Å²) in [6, 6.07) is 2.14. The van der Waals surface area contributed by atoms with E-state index in [9.17, 15) is 9.18 Å². The molecule has 4 rings (SSSR count). The van der Waals surface area contributed by atoms with Crippen LogP contribution >= 0.6 is 0 Å². The van der Waals surface area contributed by atoms with E-state index in [2.05, 4.69) is 26.7 Å². The predicted molar refractivity (Wildman–Crippen MR) is 94.9 cm³/mol. The van der Waals surface area contributed by atoms with Crippen molar-refractivity contribution in [3.8, 4) is 0 Å². The number of hydrogen-bond donors (Lipinski definition) is 0. The largest absolute Gasteiger partial charge is 0.369 e. The van der Waals surface area contributed by atoms with Crippen LogP contribution in [-0.2, 0) is 4.79 Å². The van der Waals surface area contributed by atoms with Crippen molar-refractivity contribution in [3.05, 3.63) is 24.3 Å². The molecule has 3 aliphatic rings. The van der Waals surface area contributed by atoms with Gasteiger partial charge in [0, 0.05) is 44.8 Å². The number of carbonyl (C=O) groups excluding carboxylic acids is 1. The molecule has 6 heteroatoms. The molecule has 4 heterocycles. The number of likely N-dealkylation sites (N-methyl/N-ethyl adjacent to an activating group) is 1. The molecule has 1 spiro atoms. The highest BCUT2D eigenvalue weighted by Crippen LogP contribution is 2.42. The van der Waals surface area contributed by atoms with E-state index in [0.29, 0.717) is 24.1 Å². The Bertz CT molecular complexity index is 644. The minimum Gasteiger partial charge on any atom is -0.369 e. The monoisotopic (exact) mass is 346 g/mol. The van der Waals surface area contributed by atoms with Crippen LogP contribution in [-0.4, -0.2) is 66.5 Å². The summed E-state index contributed by atoms with van der Waals surface area (Å²) < 4.78 is 14.0. The summed E-state index contributed by atoms with van der Waals surface area (Å²) >= 11 is 0. The van der Waals surface area contributed by atoms with Gasteiger partial charge in [0.15, 0.2) is 5.82 Å². The highest BCUT2D eigenvalue weighted by Gasteiger charge is 2.43. The van der Waals surface area contributed by atoms with Gasteiger partial charge in [-0.05, 0) is 50.8 Å². The molecule has 1 aromatic heterocycles. The van der Waals surface area contributed by atoms with Crippen LogP contribution in [0, 0.1) is 11.2 Å². The Balaban J connectivity index is 1.43. The molecule has 25 heavy (non-hydrogen) atoms. The van der Waals surface area contributed by atoms with Gasteiger partial charge in [0.25, 0.3) is 0 Å². The van der Waals surface area contributed by atoms with E-state index >= 15 is 0 Å². The van der Waals surface area contributed by atoms with Crippen LogP contribution < -0.4 is 4.90 Å². The first kappa shape index (κ1) is 16.8. The van der Waals surface area contributed by atoms with E-state index < -0.39 is 0 Å². The highest BCUT2D eigenvalue weighted by atomic mass is 19.1. The SMILES string of the molecule is CN1CC[C@H](N2CC3(CCC2=O)CCN(c2ccncc2F)CC3)C1.